The highest BCUT2D eigenvalue weighted by atomic mass is 16.5. The number of carbonyl (C=O) groups is 1. The Hall–Kier alpha value is -1.55. The molecule has 1 aromatic carbocycles. The molecule has 0 radical (unpaired) electrons. The van der Waals surface area contributed by atoms with Gasteiger partial charge in [0.2, 0.25) is 5.91 Å². The van der Waals surface area contributed by atoms with E-state index in [2.05, 4.69) is 11.8 Å². The van der Waals surface area contributed by atoms with Gasteiger partial charge in [-0.05, 0) is 37.8 Å². The Balaban J connectivity index is 1.36. The highest BCUT2D eigenvalue weighted by molar-refractivity contribution is 5.76. The zero-order chi connectivity index (χ0) is 15.4. The van der Waals surface area contributed by atoms with E-state index in [0.717, 1.165) is 37.8 Å². The average Bonchev–Trinajstić information content (AvgIpc) is 3.40. The van der Waals surface area contributed by atoms with Crippen LogP contribution in [-0.4, -0.2) is 54.5 Å². The smallest absolute Gasteiger partial charge is 0.226 e. The topological polar surface area (TPSA) is 32.8 Å². The SMILES string of the molecule is CC(C1CC1)N1CCN(C(=O)CCOc2ccccc2)CC1. The summed E-state index contributed by atoms with van der Waals surface area (Å²) in [6, 6.07) is 10.4. The van der Waals surface area contributed by atoms with Crippen LogP contribution in [0, 0.1) is 5.92 Å². The van der Waals surface area contributed by atoms with E-state index in [0.29, 0.717) is 19.1 Å². The summed E-state index contributed by atoms with van der Waals surface area (Å²) in [5, 5.41) is 0. The number of hydrogen-bond acceptors (Lipinski definition) is 3. The third-order valence-electron chi connectivity index (χ3n) is 4.88. The maximum atomic E-state index is 12.2. The minimum atomic E-state index is 0.217. The first kappa shape index (κ1) is 15.3. The van der Waals surface area contributed by atoms with Crippen LogP contribution in [0.3, 0.4) is 0 Å². The van der Waals surface area contributed by atoms with Crippen LogP contribution in [0.5, 0.6) is 5.75 Å². The molecule has 1 aliphatic carbocycles. The fourth-order valence-electron chi connectivity index (χ4n) is 3.19. The first-order valence-electron chi connectivity index (χ1n) is 8.44. The van der Waals surface area contributed by atoms with Crippen LogP contribution in [0.25, 0.3) is 0 Å². The van der Waals surface area contributed by atoms with Crippen LogP contribution in [0.1, 0.15) is 26.2 Å². The van der Waals surface area contributed by atoms with E-state index in [9.17, 15) is 4.79 Å². The van der Waals surface area contributed by atoms with Crippen LogP contribution in [0.2, 0.25) is 0 Å². The number of rotatable bonds is 6. The first-order chi connectivity index (χ1) is 10.7. The lowest BCUT2D eigenvalue weighted by Crippen LogP contribution is -2.52. The second-order valence-corrected chi connectivity index (χ2v) is 6.41. The molecule has 0 aromatic heterocycles. The second kappa shape index (κ2) is 7.14. The monoisotopic (exact) mass is 302 g/mol. The maximum Gasteiger partial charge on any atom is 0.226 e. The maximum absolute atomic E-state index is 12.2. The van der Waals surface area contributed by atoms with Crippen molar-refractivity contribution in [3.63, 3.8) is 0 Å². The van der Waals surface area contributed by atoms with E-state index < -0.39 is 0 Å². The molecule has 0 N–H and O–H groups in total. The standard InChI is InChI=1S/C18H26N2O2/c1-15(16-7-8-16)19-10-12-20(13-11-19)18(21)9-14-22-17-5-3-2-4-6-17/h2-6,15-16H,7-14H2,1H3. The second-order valence-electron chi connectivity index (χ2n) is 6.41. The fourth-order valence-corrected chi connectivity index (χ4v) is 3.19. The van der Waals surface area contributed by atoms with Crippen LogP contribution in [0.4, 0.5) is 0 Å². The molecule has 1 atom stereocenters. The average molecular weight is 302 g/mol. The quantitative estimate of drug-likeness (QED) is 0.809. The number of ether oxygens (including phenoxy) is 1. The fraction of sp³-hybridized carbons (Fsp3) is 0.611. The molecule has 1 aromatic rings. The third-order valence-corrected chi connectivity index (χ3v) is 4.88. The van der Waals surface area contributed by atoms with Gasteiger partial charge in [-0.1, -0.05) is 18.2 Å². The lowest BCUT2D eigenvalue weighted by molar-refractivity contribution is -0.133. The van der Waals surface area contributed by atoms with Crippen molar-refractivity contribution in [2.24, 2.45) is 5.92 Å². The Morgan fingerprint density at radius 1 is 1.18 bits per heavy atom. The van der Waals surface area contributed by atoms with E-state index in [-0.39, 0.29) is 5.91 Å². The summed E-state index contributed by atoms with van der Waals surface area (Å²) < 4.78 is 5.61. The molecule has 1 unspecified atom stereocenters. The lowest BCUT2D eigenvalue weighted by Gasteiger charge is -2.38. The molecule has 4 heteroatoms. The van der Waals surface area contributed by atoms with Crippen LogP contribution in [0.15, 0.2) is 30.3 Å². The zero-order valence-corrected chi connectivity index (χ0v) is 13.4. The highest BCUT2D eigenvalue weighted by Crippen LogP contribution is 2.35. The van der Waals surface area contributed by atoms with Crippen molar-refractivity contribution in [2.75, 3.05) is 32.8 Å². The lowest BCUT2D eigenvalue weighted by atomic mass is 10.1. The van der Waals surface area contributed by atoms with Crippen LogP contribution >= 0.6 is 0 Å². The molecular formula is C18H26N2O2. The van der Waals surface area contributed by atoms with Gasteiger partial charge in [0.1, 0.15) is 5.75 Å². The van der Waals surface area contributed by atoms with Gasteiger partial charge in [0.25, 0.3) is 0 Å². The number of hydrogen-bond donors (Lipinski definition) is 0. The largest absolute Gasteiger partial charge is 0.493 e. The molecule has 0 spiro atoms. The van der Waals surface area contributed by atoms with Gasteiger partial charge >= 0.3 is 0 Å². The van der Waals surface area contributed by atoms with Crippen LogP contribution in [-0.2, 0) is 4.79 Å². The van der Waals surface area contributed by atoms with Gasteiger partial charge in [-0.15, -0.1) is 0 Å². The molecule has 1 aliphatic heterocycles. The summed E-state index contributed by atoms with van der Waals surface area (Å²) in [6.45, 7) is 6.55. The Morgan fingerprint density at radius 3 is 2.50 bits per heavy atom. The summed E-state index contributed by atoms with van der Waals surface area (Å²) in [5.41, 5.74) is 0. The van der Waals surface area contributed by atoms with Crippen molar-refractivity contribution in [2.45, 2.75) is 32.2 Å². The van der Waals surface area contributed by atoms with Gasteiger partial charge in [-0.25, -0.2) is 0 Å². The molecule has 1 saturated carbocycles. The number of nitrogens with zero attached hydrogens (tertiary/aromatic N) is 2. The van der Waals surface area contributed by atoms with Gasteiger partial charge in [0.05, 0.1) is 13.0 Å². The molecule has 1 heterocycles. The normalized spacial score (nSPS) is 20.7. The van der Waals surface area contributed by atoms with Gasteiger partial charge in [0, 0.05) is 32.2 Å². The summed E-state index contributed by atoms with van der Waals surface area (Å²) in [5.74, 6) is 1.95. The molecule has 4 nitrogen and oxygen atoms in total. The van der Waals surface area contributed by atoms with Crippen molar-refractivity contribution in [3.05, 3.63) is 30.3 Å². The molecule has 3 rings (SSSR count). The van der Waals surface area contributed by atoms with E-state index >= 15 is 0 Å². The van der Waals surface area contributed by atoms with Crippen molar-refractivity contribution in [3.8, 4) is 5.75 Å². The number of para-hydroxylation sites is 1. The Labute approximate surface area is 133 Å². The van der Waals surface area contributed by atoms with Crippen molar-refractivity contribution < 1.29 is 9.53 Å². The Kier molecular flexibility index (Phi) is 4.98. The predicted octanol–water partition coefficient (Wildman–Crippen LogP) is 2.40. The Bertz CT molecular complexity index is 479. The number of amides is 1. The van der Waals surface area contributed by atoms with E-state index in [4.69, 9.17) is 4.74 Å². The first-order valence-corrected chi connectivity index (χ1v) is 8.44. The molecular weight excluding hydrogens is 276 g/mol. The summed E-state index contributed by atoms with van der Waals surface area (Å²) in [6.07, 6.45) is 3.24. The zero-order valence-electron chi connectivity index (χ0n) is 13.4. The molecule has 120 valence electrons. The third kappa shape index (κ3) is 4.01. The van der Waals surface area contributed by atoms with Crippen molar-refractivity contribution >= 4 is 5.91 Å². The summed E-state index contributed by atoms with van der Waals surface area (Å²) >= 11 is 0. The molecule has 2 fully saturated rings. The number of piperazine rings is 1. The van der Waals surface area contributed by atoms with Gasteiger partial charge in [0.15, 0.2) is 0 Å². The van der Waals surface area contributed by atoms with E-state index in [1.54, 1.807) is 0 Å². The summed E-state index contributed by atoms with van der Waals surface area (Å²) in [4.78, 5) is 16.8. The minimum Gasteiger partial charge on any atom is -0.493 e. The molecule has 2 aliphatic rings. The van der Waals surface area contributed by atoms with E-state index in [1.165, 1.54) is 12.8 Å². The molecule has 1 amide bonds. The van der Waals surface area contributed by atoms with Crippen LogP contribution < -0.4 is 4.74 Å². The molecule has 1 saturated heterocycles. The number of carbonyl (C=O) groups excluding carboxylic acids is 1. The Morgan fingerprint density at radius 2 is 1.86 bits per heavy atom. The predicted molar refractivity (Wildman–Crippen MR) is 86.9 cm³/mol. The molecule has 22 heavy (non-hydrogen) atoms. The van der Waals surface area contributed by atoms with Gasteiger partial charge in [-0.3, -0.25) is 9.69 Å². The van der Waals surface area contributed by atoms with Gasteiger partial charge < -0.3 is 9.64 Å². The highest BCUT2D eigenvalue weighted by Gasteiger charge is 2.33. The van der Waals surface area contributed by atoms with Crippen molar-refractivity contribution in [1.82, 2.24) is 9.80 Å². The van der Waals surface area contributed by atoms with Gasteiger partial charge in [-0.2, -0.15) is 0 Å². The minimum absolute atomic E-state index is 0.217. The molecule has 0 bridgehead atoms. The van der Waals surface area contributed by atoms with Crippen molar-refractivity contribution in [1.29, 1.82) is 0 Å². The summed E-state index contributed by atoms with van der Waals surface area (Å²) in [7, 11) is 0. The number of benzene rings is 1. The van der Waals surface area contributed by atoms with E-state index in [1.807, 2.05) is 35.2 Å².